The number of hydrogen-bond acceptors (Lipinski definition) is 5. The van der Waals surface area contributed by atoms with Crippen molar-refractivity contribution in [3.63, 3.8) is 0 Å². The standard InChI is InChI=1S/C65H112O5/c1-4-7-10-13-16-19-22-25-28-30-32-34-36-39-42-45-48-51-54-57-60-68-61-63(70-65(67)59-56-53-50-47-44-41-37-27-24-21-18-15-12-9-6-3)62-69-64(66)58-55-52-49-46-43-40-38-35-33-31-29-26-23-20-17-14-11-8-5-2/h7,10,16-17,19-20,25-26,28-29,32,34,39,42,48,51,63H,4-6,8-9,11-15,18,21-24,27,30-31,33,35-38,40-41,43-47,49-50,52-62H2,1-3H3/b10-7-,19-16-,20-17-,28-25-,29-26-,34-32-,42-39-,51-48-. The Hall–Kier alpha value is -3.18. The van der Waals surface area contributed by atoms with Gasteiger partial charge in [-0.1, -0.05) is 266 Å². The third-order valence-corrected chi connectivity index (χ3v) is 12.6. The minimum atomic E-state index is -0.572. The van der Waals surface area contributed by atoms with Crippen LogP contribution in [0.2, 0.25) is 0 Å². The fraction of sp³-hybridized carbons (Fsp3) is 0.723. The molecule has 5 nitrogen and oxygen atoms in total. The minimum Gasteiger partial charge on any atom is -0.462 e. The van der Waals surface area contributed by atoms with Crippen LogP contribution in [0, 0.1) is 0 Å². The van der Waals surface area contributed by atoms with E-state index in [-0.39, 0.29) is 25.2 Å². The number of carbonyl (C=O) groups excluding carboxylic acids is 2. The van der Waals surface area contributed by atoms with Gasteiger partial charge in [0.25, 0.3) is 0 Å². The van der Waals surface area contributed by atoms with Crippen molar-refractivity contribution in [1.82, 2.24) is 0 Å². The molecule has 0 spiro atoms. The molecule has 0 bridgehead atoms. The topological polar surface area (TPSA) is 61.8 Å². The largest absolute Gasteiger partial charge is 0.462 e. The van der Waals surface area contributed by atoms with Gasteiger partial charge in [0.1, 0.15) is 6.61 Å². The highest BCUT2D eigenvalue weighted by molar-refractivity contribution is 5.70. The molecular weight excluding hydrogens is 861 g/mol. The lowest BCUT2D eigenvalue weighted by Gasteiger charge is -2.18. The molecular formula is C65H112O5. The average molecular weight is 974 g/mol. The van der Waals surface area contributed by atoms with Crippen LogP contribution in [0.15, 0.2) is 97.2 Å². The van der Waals surface area contributed by atoms with Crippen molar-refractivity contribution >= 4 is 11.9 Å². The van der Waals surface area contributed by atoms with E-state index in [0.717, 1.165) is 89.9 Å². The highest BCUT2D eigenvalue weighted by Crippen LogP contribution is 2.16. The van der Waals surface area contributed by atoms with Crippen molar-refractivity contribution in [3.8, 4) is 0 Å². The van der Waals surface area contributed by atoms with Crippen LogP contribution >= 0.6 is 0 Å². The van der Waals surface area contributed by atoms with E-state index in [0.29, 0.717) is 19.4 Å². The number of allylic oxidation sites excluding steroid dienone is 16. The number of hydrogen-bond donors (Lipinski definition) is 0. The van der Waals surface area contributed by atoms with E-state index in [4.69, 9.17) is 14.2 Å². The Morgan fingerprint density at radius 2 is 0.643 bits per heavy atom. The van der Waals surface area contributed by atoms with Crippen molar-refractivity contribution in [1.29, 1.82) is 0 Å². The van der Waals surface area contributed by atoms with Crippen molar-refractivity contribution < 1.29 is 23.8 Å². The van der Waals surface area contributed by atoms with Gasteiger partial charge in [0.15, 0.2) is 6.10 Å². The van der Waals surface area contributed by atoms with Crippen LogP contribution in [0.1, 0.15) is 278 Å². The summed E-state index contributed by atoms with van der Waals surface area (Å²) in [5.74, 6) is -0.427. The van der Waals surface area contributed by atoms with Crippen LogP contribution in [0.25, 0.3) is 0 Å². The van der Waals surface area contributed by atoms with Crippen LogP contribution in [-0.4, -0.2) is 37.9 Å². The quantitative estimate of drug-likeness (QED) is 0.0345. The first-order chi connectivity index (χ1) is 34.6. The van der Waals surface area contributed by atoms with Crippen LogP contribution in [0.4, 0.5) is 0 Å². The lowest BCUT2D eigenvalue weighted by Crippen LogP contribution is -2.30. The smallest absolute Gasteiger partial charge is 0.306 e. The van der Waals surface area contributed by atoms with E-state index in [1.165, 1.54) is 154 Å². The van der Waals surface area contributed by atoms with Crippen LogP contribution < -0.4 is 0 Å². The maximum atomic E-state index is 12.9. The number of unbranched alkanes of at least 4 members (excludes halogenated alkanes) is 27. The van der Waals surface area contributed by atoms with Crippen molar-refractivity contribution in [2.24, 2.45) is 0 Å². The van der Waals surface area contributed by atoms with E-state index in [1.54, 1.807) is 0 Å². The molecule has 0 heterocycles. The third kappa shape index (κ3) is 57.4. The third-order valence-electron chi connectivity index (χ3n) is 12.6. The molecule has 0 aliphatic carbocycles. The molecule has 0 radical (unpaired) electrons. The molecule has 1 unspecified atom stereocenters. The van der Waals surface area contributed by atoms with Crippen molar-refractivity contribution in [3.05, 3.63) is 97.2 Å². The van der Waals surface area contributed by atoms with E-state index < -0.39 is 6.10 Å². The number of esters is 2. The summed E-state index contributed by atoms with van der Waals surface area (Å²) in [6.45, 7) is 7.57. The van der Waals surface area contributed by atoms with Gasteiger partial charge in [-0.05, 0) is 96.3 Å². The Kier molecular flexibility index (Phi) is 57.4. The molecule has 0 aromatic heterocycles. The summed E-state index contributed by atoms with van der Waals surface area (Å²) < 4.78 is 17.4. The molecule has 5 heteroatoms. The summed E-state index contributed by atoms with van der Waals surface area (Å²) >= 11 is 0. The zero-order chi connectivity index (χ0) is 50.6. The molecule has 0 aliphatic heterocycles. The lowest BCUT2D eigenvalue weighted by molar-refractivity contribution is -0.163. The molecule has 0 saturated heterocycles. The maximum Gasteiger partial charge on any atom is 0.306 e. The maximum absolute atomic E-state index is 12.9. The summed E-state index contributed by atoms with van der Waals surface area (Å²) in [6.07, 6.45) is 81.5. The number of ether oxygens (including phenoxy) is 3. The number of rotatable bonds is 54. The first kappa shape index (κ1) is 66.8. The predicted octanol–water partition coefficient (Wildman–Crippen LogP) is 20.6. The normalized spacial score (nSPS) is 12.9. The molecule has 0 fully saturated rings. The predicted molar refractivity (Wildman–Crippen MR) is 306 cm³/mol. The summed E-state index contributed by atoms with van der Waals surface area (Å²) in [6, 6.07) is 0. The molecule has 0 aromatic rings. The monoisotopic (exact) mass is 973 g/mol. The van der Waals surface area contributed by atoms with E-state index in [2.05, 4.69) is 118 Å². The Bertz CT molecular complexity index is 1330. The minimum absolute atomic E-state index is 0.0581. The fourth-order valence-corrected chi connectivity index (χ4v) is 8.21. The van der Waals surface area contributed by atoms with Crippen LogP contribution in [0.5, 0.6) is 0 Å². The second-order valence-electron chi connectivity index (χ2n) is 19.5. The highest BCUT2D eigenvalue weighted by Gasteiger charge is 2.17. The van der Waals surface area contributed by atoms with Gasteiger partial charge >= 0.3 is 11.9 Å². The van der Waals surface area contributed by atoms with Gasteiger partial charge in [0.2, 0.25) is 0 Å². The van der Waals surface area contributed by atoms with Crippen molar-refractivity contribution in [2.45, 2.75) is 284 Å². The van der Waals surface area contributed by atoms with Crippen LogP contribution in [0.3, 0.4) is 0 Å². The Morgan fingerprint density at radius 1 is 0.329 bits per heavy atom. The van der Waals surface area contributed by atoms with Gasteiger partial charge in [-0.2, -0.15) is 0 Å². The van der Waals surface area contributed by atoms with Crippen LogP contribution in [-0.2, 0) is 23.8 Å². The first-order valence-corrected chi connectivity index (χ1v) is 29.8. The lowest BCUT2D eigenvalue weighted by atomic mass is 10.0. The van der Waals surface area contributed by atoms with Gasteiger partial charge in [0, 0.05) is 19.4 Å². The molecule has 402 valence electrons. The molecule has 0 aliphatic rings. The zero-order valence-electron chi connectivity index (χ0n) is 46.3. The summed E-state index contributed by atoms with van der Waals surface area (Å²) in [4.78, 5) is 25.6. The zero-order valence-corrected chi connectivity index (χ0v) is 46.3. The van der Waals surface area contributed by atoms with Gasteiger partial charge in [-0.3, -0.25) is 9.59 Å². The van der Waals surface area contributed by atoms with Gasteiger partial charge in [-0.15, -0.1) is 0 Å². The van der Waals surface area contributed by atoms with Gasteiger partial charge in [-0.25, -0.2) is 0 Å². The first-order valence-electron chi connectivity index (χ1n) is 29.8. The average Bonchev–Trinajstić information content (AvgIpc) is 3.36. The SMILES string of the molecule is CC/C=C\C/C=C\C/C=C\C/C=C\C/C=C\C/C=C\CCCOCC(COC(=O)CCCCCCCCCCC/C=C\C/C=C\CCCCC)OC(=O)CCCCCCCCCCCCCCCCC. The van der Waals surface area contributed by atoms with Gasteiger partial charge in [0.05, 0.1) is 6.61 Å². The van der Waals surface area contributed by atoms with Gasteiger partial charge < -0.3 is 14.2 Å². The van der Waals surface area contributed by atoms with E-state index >= 15 is 0 Å². The highest BCUT2D eigenvalue weighted by atomic mass is 16.6. The second kappa shape index (κ2) is 60.1. The number of carbonyl (C=O) groups is 2. The second-order valence-corrected chi connectivity index (χ2v) is 19.5. The van der Waals surface area contributed by atoms with E-state index in [9.17, 15) is 9.59 Å². The molecule has 0 saturated carbocycles. The Labute approximate surface area is 434 Å². The van der Waals surface area contributed by atoms with Crippen molar-refractivity contribution in [2.75, 3.05) is 19.8 Å². The fourth-order valence-electron chi connectivity index (χ4n) is 8.21. The molecule has 70 heavy (non-hydrogen) atoms. The van der Waals surface area contributed by atoms with E-state index in [1.807, 2.05) is 0 Å². The molecule has 0 aromatic carbocycles. The molecule has 1 atom stereocenters. The molecule has 0 N–H and O–H groups in total. The summed E-state index contributed by atoms with van der Waals surface area (Å²) in [5, 5.41) is 0. The molecule has 0 amide bonds. The Morgan fingerprint density at radius 3 is 1.06 bits per heavy atom. The summed E-state index contributed by atoms with van der Waals surface area (Å²) in [5.41, 5.74) is 0. The molecule has 0 rings (SSSR count). The summed E-state index contributed by atoms with van der Waals surface area (Å²) in [7, 11) is 0. The Balaban J connectivity index is 4.37.